The highest BCUT2D eigenvalue weighted by atomic mass is 32.2. The summed E-state index contributed by atoms with van der Waals surface area (Å²) in [7, 11) is -2.54. The van der Waals surface area contributed by atoms with Crippen molar-refractivity contribution in [3.05, 3.63) is 82.9 Å². The average molecular weight is 601 g/mol. The number of nitrogens with zero attached hydrogens (tertiary/aromatic N) is 2. The average Bonchev–Trinajstić information content (AvgIpc) is 2.95. The predicted molar refractivity (Wildman–Crippen MR) is 167 cm³/mol. The van der Waals surface area contributed by atoms with Gasteiger partial charge in [0.25, 0.3) is 15.9 Å². The third-order valence-electron chi connectivity index (χ3n) is 7.42. The number of benzene rings is 3. The molecule has 2 heterocycles. The van der Waals surface area contributed by atoms with Crippen molar-refractivity contribution in [2.24, 2.45) is 5.92 Å². The lowest BCUT2D eigenvalue weighted by molar-refractivity contribution is 0.0913. The van der Waals surface area contributed by atoms with Gasteiger partial charge in [0.15, 0.2) is 0 Å². The summed E-state index contributed by atoms with van der Waals surface area (Å²) >= 11 is 0. The van der Waals surface area contributed by atoms with Crippen LogP contribution < -0.4 is 19.5 Å². The Bertz CT molecular complexity index is 1780. The van der Waals surface area contributed by atoms with E-state index in [-0.39, 0.29) is 46.8 Å². The van der Waals surface area contributed by atoms with Crippen LogP contribution in [0.2, 0.25) is 0 Å². The zero-order valence-electron chi connectivity index (χ0n) is 25.2. The molecule has 43 heavy (non-hydrogen) atoms. The molecule has 10 heteroatoms. The van der Waals surface area contributed by atoms with Crippen LogP contribution in [0.25, 0.3) is 22.4 Å². The molecule has 0 aliphatic carbocycles. The number of anilines is 1. The topological polar surface area (TPSA) is 120 Å². The molecule has 0 radical (unpaired) electrons. The maximum absolute atomic E-state index is 13.6. The molecule has 9 nitrogen and oxygen atoms in total. The summed E-state index contributed by atoms with van der Waals surface area (Å²) in [6.45, 7) is 10.2. The fourth-order valence-electron chi connectivity index (χ4n) is 5.42. The minimum Gasteiger partial charge on any atom is -0.496 e. The zero-order chi connectivity index (χ0) is 30.9. The van der Waals surface area contributed by atoms with Gasteiger partial charge >= 0.3 is 0 Å². The molecule has 1 aliphatic rings. The number of ether oxygens (including phenoxy) is 2. The molecule has 0 unspecified atom stereocenters. The summed E-state index contributed by atoms with van der Waals surface area (Å²) in [5.74, 6) is 0.665. The van der Waals surface area contributed by atoms with E-state index >= 15 is 0 Å². The van der Waals surface area contributed by atoms with Crippen molar-refractivity contribution in [2.45, 2.75) is 52.0 Å². The number of carbonyl (C=O) groups is 1. The Balaban J connectivity index is 1.80. The number of hydrogen-bond acceptors (Lipinski definition) is 7. The fraction of sp³-hybridized carbons (Fsp3) is 0.303. The quantitative estimate of drug-likeness (QED) is 0.285. The molecule has 5 rings (SSSR count). The van der Waals surface area contributed by atoms with Crippen LogP contribution in [-0.2, 0) is 10.0 Å². The highest BCUT2D eigenvalue weighted by Crippen LogP contribution is 2.42. The van der Waals surface area contributed by atoms with Gasteiger partial charge in [0.1, 0.15) is 12.4 Å². The molecule has 1 atom stereocenters. The smallest absolute Gasteiger partial charge is 0.264 e. The maximum atomic E-state index is 13.6. The van der Waals surface area contributed by atoms with Gasteiger partial charge in [0, 0.05) is 11.1 Å². The van der Waals surface area contributed by atoms with E-state index < -0.39 is 10.0 Å². The van der Waals surface area contributed by atoms with Gasteiger partial charge in [-0.15, -0.1) is 0 Å². The number of carbonyl (C=O) groups excluding carboxylic acids is 1. The normalized spacial score (nSPS) is 16.2. The van der Waals surface area contributed by atoms with E-state index in [9.17, 15) is 13.2 Å². The van der Waals surface area contributed by atoms with Crippen LogP contribution in [0.15, 0.2) is 65.6 Å². The Morgan fingerprint density at radius 2 is 1.65 bits per heavy atom. The lowest BCUT2D eigenvalue weighted by atomic mass is 9.93. The number of fused-ring (bicyclic) bond motifs is 4. The second kappa shape index (κ2) is 12.0. The van der Waals surface area contributed by atoms with Crippen molar-refractivity contribution in [3.8, 4) is 34.0 Å². The molecule has 0 saturated carbocycles. The maximum Gasteiger partial charge on any atom is 0.264 e. The van der Waals surface area contributed by atoms with E-state index in [2.05, 4.69) is 28.9 Å². The second-order valence-corrected chi connectivity index (χ2v) is 13.0. The molecule has 2 N–H and O–H groups in total. The van der Waals surface area contributed by atoms with E-state index in [1.807, 2.05) is 57.2 Å². The molecule has 0 saturated heterocycles. The van der Waals surface area contributed by atoms with Crippen molar-refractivity contribution in [3.63, 3.8) is 0 Å². The van der Waals surface area contributed by atoms with E-state index in [4.69, 9.17) is 14.5 Å². The molecule has 3 aromatic carbocycles. The van der Waals surface area contributed by atoms with Crippen molar-refractivity contribution in [2.75, 3.05) is 18.4 Å². The van der Waals surface area contributed by atoms with E-state index in [1.54, 1.807) is 19.2 Å². The van der Waals surface area contributed by atoms with Gasteiger partial charge in [-0.2, -0.15) is 4.98 Å². The van der Waals surface area contributed by atoms with Gasteiger partial charge in [-0.25, -0.2) is 18.1 Å². The van der Waals surface area contributed by atoms with Gasteiger partial charge < -0.3 is 14.8 Å². The Morgan fingerprint density at radius 3 is 2.33 bits per heavy atom. The van der Waals surface area contributed by atoms with Crippen molar-refractivity contribution in [1.29, 1.82) is 0 Å². The van der Waals surface area contributed by atoms with Crippen molar-refractivity contribution >= 4 is 21.9 Å². The van der Waals surface area contributed by atoms with Gasteiger partial charge in [0.05, 0.1) is 29.3 Å². The van der Waals surface area contributed by atoms with E-state index in [0.717, 1.165) is 33.6 Å². The number of nitrogens with one attached hydrogen (secondary N) is 2. The SMILES string of the molecule is COc1ccc(-c2c3nc(nc2-c2c(C)cccc2C)NS(=O)(=O)c2cccc(c2)C(=O)N[C@H](CC(C)C)CO3)cc1C. The first-order chi connectivity index (χ1) is 20.5. The first-order valence-electron chi connectivity index (χ1n) is 14.2. The van der Waals surface area contributed by atoms with Crippen molar-refractivity contribution < 1.29 is 22.7 Å². The van der Waals surface area contributed by atoms with Gasteiger partial charge in [0.2, 0.25) is 11.8 Å². The molecule has 0 spiro atoms. The largest absolute Gasteiger partial charge is 0.496 e. The lowest BCUT2D eigenvalue weighted by Crippen LogP contribution is -2.40. The minimum absolute atomic E-state index is 0.0747. The molecule has 0 fully saturated rings. The highest BCUT2D eigenvalue weighted by Gasteiger charge is 2.27. The Morgan fingerprint density at radius 1 is 0.930 bits per heavy atom. The van der Waals surface area contributed by atoms with Crippen LogP contribution >= 0.6 is 0 Å². The summed E-state index contributed by atoms with van der Waals surface area (Å²) < 4.78 is 41.6. The van der Waals surface area contributed by atoms with Gasteiger partial charge in [-0.05, 0) is 85.7 Å². The summed E-state index contributed by atoms with van der Waals surface area (Å²) in [5, 5.41) is 3.04. The van der Waals surface area contributed by atoms with Crippen LogP contribution in [0.1, 0.15) is 47.3 Å². The number of aromatic nitrogens is 2. The van der Waals surface area contributed by atoms with Crippen LogP contribution in [0, 0.1) is 26.7 Å². The number of rotatable bonds is 5. The molecule has 1 aliphatic heterocycles. The number of amides is 1. The third kappa shape index (κ3) is 6.34. The second-order valence-electron chi connectivity index (χ2n) is 11.3. The monoisotopic (exact) mass is 600 g/mol. The highest BCUT2D eigenvalue weighted by molar-refractivity contribution is 7.92. The third-order valence-corrected chi connectivity index (χ3v) is 8.75. The molecule has 4 bridgehead atoms. The molecule has 224 valence electrons. The summed E-state index contributed by atoms with van der Waals surface area (Å²) in [4.78, 5) is 22.6. The molecule has 4 aromatic rings. The summed E-state index contributed by atoms with van der Waals surface area (Å²) in [6.07, 6.45) is 0.640. The molecular formula is C33H36N4O5S. The van der Waals surface area contributed by atoms with Crippen molar-refractivity contribution in [1.82, 2.24) is 15.3 Å². The number of sulfonamides is 1. The molecular weight excluding hydrogens is 564 g/mol. The number of aryl methyl sites for hydroxylation is 3. The lowest BCUT2D eigenvalue weighted by Gasteiger charge is -2.23. The van der Waals surface area contributed by atoms with Crippen LogP contribution in [0.4, 0.5) is 5.95 Å². The Hall–Kier alpha value is -4.44. The van der Waals surface area contributed by atoms with E-state index in [0.29, 0.717) is 17.7 Å². The molecule has 1 aromatic heterocycles. The van der Waals surface area contributed by atoms with Gasteiger partial charge in [-0.1, -0.05) is 44.2 Å². The standard InChI is InChI=1S/C33H36N4O5S/c1-19(2)15-25-18-42-32-29(23-13-14-27(41-6)22(5)16-23)30(28-20(3)9-7-10-21(28)4)35-33(36-32)37-43(39,40)26-12-8-11-24(17-26)31(38)34-25/h7-14,16-17,19,25H,15,18H2,1-6H3,(H,34,38)(H,35,36,37)/t25-/m1/s1. The first-order valence-corrected chi connectivity index (χ1v) is 15.7. The van der Waals surface area contributed by atoms with Crippen LogP contribution in [0.3, 0.4) is 0 Å². The van der Waals surface area contributed by atoms with Crippen LogP contribution in [0.5, 0.6) is 11.6 Å². The Labute approximate surface area is 252 Å². The van der Waals surface area contributed by atoms with E-state index in [1.165, 1.54) is 12.1 Å². The minimum atomic E-state index is -4.15. The predicted octanol–water partition coefficient (Wildman–Crippen LogP) is 6.08. The van der Waals surface area contributed by atoms with Crippen LogP contribution in [-0.4, -0.2) is 44.1 Å². The summed E-state index contributed by atoms with van der Waals surface area (Å²) in [5.41, 5.74) is 5.80. The first kappa shape index (κ1) is 30.0. The molecule has 1 amide bonds. The van der Waals surface area contributed by atoms with Gasteiger partial charge in [-0.3, -0.25) is 4.79 Å². The zero-order valence-corrected chi connectivity index (χ0v) is 26.0. The number of hydrogen-bond donors (Lipinski definition) is 2. The fourth-order valence-corrected chi connectivity index (χ4v) is 6.41. The summed E-state index contributed by atoms with van der Waals surface area (Å²) in [6, 6.07) is 17.2. The number of methoxy groups -OCH3 is 1. The Kier molecular flexibility index (Phi) is 8.41.